The molecule has 1 aromatic rings. The molecule has 0 bridgehead atoms. The van der Waals surface area contributed by atoms with Crippen LogP contribution >= 0.6 is 11.6 Å². The molecule has 0 amide bonds. The van der Waals surface area contributed by atoms with Crippen molar-refractivity contribution in [3.05, 3.63) is 17.4 Å². The number of tetrazole rings is 1. The molecule has 0 unspecified atom stereocenters. The summed E-state index contributed by atoms with van der Waals surface area (Å²) in [6.45, 7) is 0.600. The van der Waals surface area contributed by atoms with Gasteiger partial charge in [-0.1, -0.05) is 11.6 Å². The SMILES string of the molecule is Cl/C=C/Cn1nnc(C2CC2)n1. The van der Waals surface area contributed by atoms with Crippen molar-refractivity contribution in [2.75, 3.05) is 0 Å². The number of nitrogens with zero attached hydrogens (tertiary/aromatic N) is 4. The van der Waals surface area contributed by atoms with E-state index in [4.69, 9.17) is 11.6 Å². The van der Waals surface area contributed by atoms with Crippen LogP contribution in [0.3, 0.4) is 0 Å². The molecule has 1 aliphatic carbocycles. The molecule has 5 heteroatoms. The van der Waals surface area contributed by atoms with Crippen molar-refractivity contribution in [3.8, 4) is 0 Å². The molecule has 1 saturated carbocycles. The van der Waals surface area contributed by atoms with E-state index in [0.717, 1.165) is 5.82 Å². The first-order chi connectivity index (χ1) is 5.90. The Hall–Kier alpha value is -0.900. The topological polar surface area (TPSA) is 43.6 Å². The van der Waals surface area contributed by atoms with Gasteiger partial charge in [-0.15, -0.1) is 10.2 Å². The summed E-state index contributed by atoms with van der Waals surface area (Å²) in [5.74, 6) is 1.44. The van der Waals surface area contributed by atoms with Gasteiger partial charge in [0, 0.05) is 11.5 Å². The number of hydrogen-bond donors (Lipinski definition) is 0. The van der Waals surface area contributed by atoms with Crippen LogP contribution in [0, 0.1) is 0 Å². The van der Waals surface area contributed by atoms with E-state index in [-0.39, 0.29) is 0 Å². The summed E-state index contributed by atoms with van der Waals surface area (Å²) in [5.41, 5.74) is 1.46. The van der Waals surface area contributed by atoms with Gasteiger partial charge in [0.25, 0.3) is 0 Å². The molecular weight excluding hydrogens is 176 g/mol. The number of halogens is 1. The minimum atomic E-state index is 0.568. The molecule has 4 nitrogen and oxygen atoms in total. The molecular formula is C7H9ClN4. The lowest BCUT2D eigenvalue weighted by molar-refractivity contribution is 0.580. The zero-order valence-electron chi connectivity index (χ0n) is 6.52. The molecule has 1 aliphatic rings. The third kappa shape index (κ3) is 1.64. The van der Waals surface area contributed by atoms with Crippen molar-refractivity contribution in [2.24, 2.45) is 0 Å². The second kappa shape index (κ2) is 3.23. The molecule has 2 rings (SSSR count). The van der Waals surface area contributed by atoms with Gasteiger partial charge in [-0.3, -0.25) is 0 Å². The van der Waals surface area contributed by atoms with Crippen LogP contribution in [0.5, 0.6) is 0 Å². The molecule has 0 N–H and O–H groups in total. The number of aromatic nitrogens is 4. The Labute approximate surface area is 75.2 Å². The second-order valence-corrected chi connectivity index (χ2v) is 3.09. The molecule has 1 heterocycles. The summed E-state index contributed by atoms with van der Waals surface area (Å²) in [6.07, 6.45) is 4.19. The van der Waals surface area contributed by atoms with Crippen LogP contribution in [0.1, 0.15) is 24.6 Å². The van der Waals surface area contributed by atoms with Gasteiger partial charge in [0.15, 0.2) is 5.82 Å². The summed E-state index contributed by atoms with van der Waals surface area (Å²) in [6, 6.07) is 0. The van der Waals surface area contributed by atoms with Crippen LogP contribution in [-0.4, -0.2) is 20.2 Å². The largest absolute Gasteiger partial charge is 0.177 e. The van der Waals surface area contributed by atoms with E-state index < -0.39 is 0 Å². The smallest absolute Gasteiger partial charge is 0.160 e. The van der Waals surface area contributed by atoms with Gasteiger partial charge in [0.2, 0.25) is 0 Å². The normalized spacial score (nSPS) is 17.4. The average molecular weight is 185 g/mol. The maximum atomic E-state index is 5.36. The highest BCUT2D eigenvalue weighted by Crippen LogP contribution is 2.37. The van der Waals surface area contributed by atoms with Gasteiger partial charge in [-0.25, -0.2) is 0 Å². The fourth-order valence-corrected chi connectivity index (χ4v) is 1.05. The molecule has 0 aromatic carbocycles. The zero-order valence-corrected chi connectivity index (χ0v) is 7.28. The maximum absolute atomic E-state index is 5.36. The van der Waals surface area contributed by atoms with E-state index in [2.05, 4.69) is 15.4 Å². The minimum absolute atomic E-state index is 0.568. The standard InChI is InChI=1S/C7H9ClN4/c8-4-1-5-12-10-7(9-11-12)6-2-3-6/h1,4,6H,2-3,5H2/b4-1+. The van der Waals surface area contributed by atoms with Crippen molar-refractivity contribution in [1.82, 2.24) is 20.2 Å². The van der Waals surface area contributed by atoms with Gasteiger partial charge in [-0.05, 0) is 24.1 Å². The Bertz CT molecular complexity index is 289. The van der Waals surface area contributed by atoms with Gasteiger partial charge < -0.3 is 0 Å². The first-order valence-corrected chi connectivity index (χ1v) is 4.36. The molecule has 12 heavy (non-hydrogen) atoms. The Kier molecular flexibility index (Phi) is 2.08. The van der Waals surface area contributed by atoms with Crippen molar-refractivity contribution in [3.63, 3.8) is 0 Å². The second-order valence-electron chi connectivity index (χ2n) is 2.84. The molecule has 0 aliphatic heterocycles. The Morgan fingerprint density at radius 2 is 2.42 bits per heavy atom. The van der Waals surface area contributed by atoms with Crippen LogP contribution in [0.15, 0.2) is 11.6 Å². The highest BCUT2D eigenvalue weighted by Gasteiger charge is 2.27. The van der Waals surface area contributed by atoms with E-state index in [9.17, 15) is 0 Å². The Morgan fingerprint density at radius 1 is 1.58 bits per heavy atom. The van der Waals surface area contributed by atoms with E-state index in [1.165, 1.54) is 18.4 Å². The Morgan fingerprint density at radius 3 is 3.08 bits per heavy atom. The lowest BCUT2D eigenvalue weighted by Gasteiger charge is -1.87. The minimum Gasteiger partial charge on any atom is -0.160 e. The lowest BCUT2D eigenvalue weighted by Crippen LogP contribution is -1.99. The van der Waals surface area contributed by atoms with Crippen molar-refractivity contribution in [2.45, 2.75) is 25.3 Å². The highest BCUT2D eigenvalue weighted by molar-refractivity contribution is 6.25. The van der Waals surface area contributed by atoms with E-state index in [0.29, 0.717) is 12.5 Å². The summed E-state index contributed by atoms with van der Waals surface area (Å²) in [7, 11) is 0. The third-order valence-corrected chi connectivity index (χ3v) is 1.95. The molecule has 64 valence electrons. The number of rotatable bonds is 3. The average Bonchev–Trinajstić information content (AvgIpc) is 2.83. The molecule has 1 fully saturated rings. The lowest BCUT2D eigenvalue weighted by atomic mass is 10.4. The van der Waals surface area contributed by atoms with Gasteiger partial charge in [0.05, 0.1) is 6.54 Å². The van der Waals surface area contributed by atoms with Crippen molar-refractivity contribution >= 4 is 11.6 Å². The third-order valence-electron chi connectivity index (χ3n) is 1.77. The van der Waals surface area contributed by atoms with Crippen LogP contribution in [-0.2, 0) is 6.54 Å². The summed E-state index contributed by atoms with van der Waals surface area (Å²) >= 11 is 5.36. The first kappa shape index (κ1) is 7.73. The van der Waals surface area contributed by atoms with Crippen molar-refractivity contribution < 1.29 is 0 Å². The predicted octanol–water partition coefficient (Wildman–Crippen LogP) is 1.30. The summed E-state index contributed by atoms with van der Waals surface area (Å²) < 4.78 is 0. The fraction of sp³-hybridized carbons (Fsp3) is 0.571. The van der Waals surface area contributed by atoms with E-state index in [1.807, 2.05) is 0 Å². The van der Waals surface area contributed by atoms with E-state index >= 15 is 0 Å². The predicted molar refractivity (Wildman–Crippen MR) is 44.8 cm³/mol. The van der Waals surface area contributed by atoms with Gasteiger partial charge in [0.1, 0.15) is 0 Å². The summed E-state index contributed by atoms with van der Waals surface area (Å²) in [4.78, 5) is 1.55. The number of allylic oxidation sites excluding steroid dienone is 1. The van der Waals surface area contributed by atoms with Gasteiger partial charge >= 0.3 is 0 Å². The van der Waals surface area contributed by atoms with Crippen LogP contribution in [0.4, 0.5) is 0 Å². The number of hydrogen-bond acceptors (Lipinski definition) is 3. The van der Waals surface area contributed by atoms with E-state index in [1.54, 1.807) is 10.9 Å². The van der Waals surface area contributed by atoms with Crippen LogP contribution in [0.2, 0.25) is 0 Å². The summed E-state index contributed by atoms with van der Waals surface area (Å²) in [5, 5.41) is 12.0. The molecule has 0 radical (unpaired) electrons. The Balaban J connectivity index is 2.02. The maximum Gasteiger partial charge on any atom is 0.177 e. The zero-order chi connectivity index (χ0) is 8.39. The van der Waals surface area contributed by atoms with Crippen LogP contribution in [0.25, 0.3) is 0 Å². The first-order valence-electron chi connectivity index (χ1n) is 3.93. The van der Waals surface area contributed by atoms with Crippen molar-refractivity contribution in [1.29, 1.82) is 0 Å². The molecule has 1 aromatic heterocycles. The molecule has 0 saturated heterocycles. The monoisotopic (exact) mass is 184 g/mol. The molecule has 0 atom stereocenters. The molecule has 0 spiro atoms. The quantitative estimate of drug-likeness (QED) is 0.712. The van der Waals surface area contributed by atoms with Crippen LogP contribution < -0.4 is 0 Å². The fourth-order valence-electron chi connectivity index (χ4n) is 0.972. The van der Waals surface area contributed by atoms with Gasteiger partial charge in [-0.2, -0.15) is 4.80 Å². The highest BCUT2D eigenvalue weighted by atomic mass is 35.5.